The lowest BCUT2D eigenvalue weighted by molar-refractivity contribution is -0.129. The number of nitrogens with zero attached hydrogens (tertiary/aromatic N) is 2. The summed E-state index contributed by atoms with van der Waals surface area (Å²) in [4.78, 5) is 32.7. The first-order valence-electron chi connectivity index (χ1n) is 10.0. The minimum atomic E-state index is -0.805. The van der Waals surface area contributed by atoms with Gasteiger partial charge in [0.2, 0.25) is 12.0 Å². The zero-order valence-corrected chi connectivity index (χ0v) is 18.0. The number of carbonyl (C=O) groups is 2. The van der Waals surface area contributed by atoms with Crippen LogP contribution in [0.4, 0.5) is 5.82 Å². The molecule has 2 heterocycles. The number of rotatable bonds is 7. The number of pyridine rings is 1. The Morgan fingerprint density at radius 2 is 1.87 bits per heavy atom. The highest BCUT2D eigenvalue weighted by Crippen LogP contribution is 2.36. The Hall–Kier alpha value is -3.32. The summed E-state index contributed by atoms with van der Waals surface area (Å²) >= 11 is 1.70. The Labute approximate surface area is 185 Å². The van der Waals surface area contributed by atoms with Crippen molar-refractivity contribution in [2.45, 2.75) is 17.4 Å². The van der Waals surface area contributed by atoms with E-state index in [1.54, 1.807) is 30.1 Å². The number of amides is 2. The van der Waals surface area contributed by atoms with Crippen molar-refractivity contribution in [3.63, 3.8) is 0 Å². The lowest BCUT2D eigenvalue weighted by Crippen LogP contribution is -2.47. The molecule has 158 valence electrons. The largest absolute Gasteiger partial charge is 0.472 e. The van der Waals surface area contributed by atoms with E-state index in [0.29, 0.717) is 18.1 Å². The predicted molar refractivity (Wildman–Crippen MR) is 121 cm³/mol. The van der Waals surface area contributed by atoms with Gasteiger partial charge in [0.15, 0.2) is 11.6 Å². The molecule has 3 aromatic rings. The van der Waals surface area contributed by atoms with Crippen LogP contribution in [0.1, 0.15) is 17.2 Å². The van der Waals surface area contributed by atoms with Crippen LogP contribution < -0.4 is 15.0 Å². The van der Waals surface area contributed by atoms with Crippen molar-refractivity contribution in [1.29, 1.82) is 0 Å². The third kappa shape index (κ3) is 4.88. The normalized spacial score (nSPS) is 15.2. The van der Waals surface area contributed by atoms with Crippen molar-refractivity contribution in [2.24, 2.45) is 0 Å². The number of aromatic nitrogens is 1. The molecule has 1 aliphatic rings. The van der Waals surface area contributed by atoms with Gasteiger partial charge in [-0.15, -0.1) is 11.8 Å². The molecule has 1 aliphatic heterocycles. The average molecular weight is 434 g/mol. The van der Waals surface area contributed by atoms with E-state index in [0.717, 1.165) is 17.5 Å². The molecule has 6 nitrogen and oxygen atoms in total. The summed E-state index contributed by atoms with van der Waals surface area (Å²) < 4.78 is 5.91. The fraction of sp³-hybridized carbons (Fsp3) is 0.208. The third-order valence-corrected chi connectivity index (χ3v) is 5.78. The van der Waals surface area contributed by atoms with Gasteiger partial charge in [-0.3, -0.25) is 14.5 Å². The van der Waals surface area contributed by atoms with Crippen molar-refractivity contribution in [1.82, 2.24) is 10.3 Å². The minimum absolute atomic E-state index is 0.110. The van der Waals surface area contributed by atoms with Crippen LogP contribution >= 0.6 is 11.8 Å². The molecule has 0 saturated carbocycles. The minimum Gasteiger partial charge on any atom is -0.472 e. The lowest BCUT2D eigenvalue weighted by atomic mass is 10.1. The second-order valence-corrected chi connectivity index (χ2v) is 7.99. The maximum Gasteiger partial charge on any atom is 0.274 e. The maximum absolute atomic E-state index is 13.2. The molecular weight excluding hydrogens is 410 g/mol. The van der Waals surface area contributed by atoms with Crippen LogP contribution in [0.15, 0.2) is 77.8 Å². The molecule has 2 aromatic carbocycles. The molecule has 1 N–H and O–H groups in total. The molecule has 0 fully saturated rings. The molecule has 2 amide bonds. The molecule has 0 aliphatic carbocycles. The first-order chi connectivity index (χ1) is 15.2. The Bertz CT molecular complexity index is 1060. The van der Waals surface area contributed by atoms with E-state index < -0.39 is 6.10 Å². The highest BCUT2D eigenvalue weighted by atomic mass is 32.2. The van der Waals surface area contributed by atoms with Gasteiger partial charge in [0.25, 0.3) is 5.91 Å². The van der Waals surface area contributed by atoms with Crippen LogP contribution in [0.25, 0.3) is 0 Å². The van der Waals surface area contributed by atoms with Gasteiger partial charge < -0.3 is 10.1 Å². The van der Waals surface area contributed by atoms with Crippen molar-refractivity contribution in [2.75, 3.05) is 24.2 Å². The molecule has 0 bridgehead atoms. The summed E-state index contributed by atoms with van der Waals surface area (Å²) in [5.74, 6) is 0.305. The molecular formula is C24H23N3O3S. The van der Waals surface area contributed by atoms with Gasteiger partial charge in [-0.25, -0.2) is 4.98 Å². The number of hydrogen-bond donors (Lipinski definition) is 1. The van der Waals surface area contributed by atoms with Crippen LogP contribution in [0.2, 0.25) is 0 Å². The molecule has 1 aromatic heterocycles. The number of hydrogen-bond acceptors (Lipinski definition) is 5. The Balaban J connectivity index is 1.43. The molecule has 0 radical (unpaired) electrons. The smallest absolute Gasteiger partial charge is 0.274 e. The second kappa shape index (κ2) is 9.66. The fourth-order valence-corrected chi connectivity index (χ4v) is 3.84. The van der Waals surface area contributed by atoms with Crippen LogP contribution in [0, 0.1) is 0 Å². The first kappa shape index (κ1) is 20.9. The summed E-state index contributed by atoms with van der Waals surface area (Å²) in [6.07, 6.45) is 3.54. The highest BCUT2D eigenvalue weighted by molar-refractivity contribution is 7.98. The van der Waals surface area contributed by atoms with E-state index in [-0.39, 0.29) is 18.4 Å². The van der Waals surface area contributed by atoms with Crippen molar-refractivity contribution in [3.05, 3.63) is 84.1 Å². The van der Waals surface area contributed by atoms with Gasteiger partial charge >= 0.3 is 0 Å². The lowest BCUT2D eigenvalue weighted by Gasteiger charge is -2.33. The van der Waals surface area contributed by atoms with Crippen molar-refractivity contribution in [3.8, 4) is 5.75 Å². The van der Waals surface area contributed by atoms with E-state index in [9.17, 15) is 9.59 Å². The molecule has 4 rings (SSSR count). The van der Waals surface area contributed by atoms with Crippen LogP contribution in [0.5, 0.6) is 5.75 Å². The number of benzene rings is 2. The Morgan fingerprint density at radius 3 is 2.61 bits per heavy atom. The number of fused-ring (bicyclic) bond motifs is 1. The van der Waals surface area contributed by atoms with Crippen LogP contribution in [0.3, 0.4) is 0 Å². The molecule has 31 heavy (non-hydrogen) atoms. The summed E-state index contributed by atoms with van der Waals surface area (Å²) in [6.45, 7) is 0.383. The standard InChI is InChI=1S/C24H23N3O3S/c1-31-19-11-9-17(10-12-19)13-15-25-21(28)16-27-23-20(8-5-14-26-23)30-22(24(27)29)18-6-3-2-4-7-18/h2-12,14,22H,13,15-16H2,1H3,(H,25,28)/t22-/m1/s1. The first-order valence-corrected chi connectivity index (χ1v) is 11.3. The molecule has 0 unspecified atom stereocenters. The topological polar surface area (TPSA) is 71.5 Å². The second-order valence-electron chi connectivity index (χ2n) is 7.11. The summed E-state index contributed by atoms with van der Waals surface area (Å²) in [5, 5.41) is 2.91. The SMILES string of the molecule is CSc1ccc(CCNC(=O)CN2C(=O)[C@@H](c3ccccc3)Oc3cccnc32)cc1. The third-order valence-electron chi connectivity index (χ3n) is 5.04. The molecule has 0 spiro atoms. The molecule has 1 atom stereocenters. The fourth-order valence-electron chi connectivity index (χ4n) is 3.43. The zero-order chi connectivity index (χ0) is 21.6. The number of nitrogens with one attached hydrogen (secondary N) is 1. The highest BCUT2D eigenvalue weighted by Gasteiger charge is 2.37. The Morgan fingerprint density at radius 1 is 1.10 bits per heavy atom. The number of ether oxygens (including phenoxy) is 1. The average Bonchev–Trinajstić information content (AvgIpc) is 2.82. The Kier molecular flexibility index (Phi) is 6.52. The predicted octanol–water partition coefficient (Wildman–Crippen LogP) is 3.63. The van der Waals surface area contributed by atoms with Gasteiger partial charge in [0.05, 0.1) is 0 Å². The maximum atomic E-state index is 13.2. The van der Waals surface area contributed by atoms with E-state index in [4.69, 9.17) is 4.74 Å². The monoisotopic (exact) mass is 433 g/mol. The number of anilines is 1. The van der Waals surface area contributed by atoms with E-state index in [1.807, 2.05) is 36.6 Å². The summed E-state index contributed by atoms with van der Waals surface area (Å²) in [5.41, 5.74) is 1.89. The number of thioether (sulfide) groups is 1. The van der Waals surface area contributed by atoms with E-state index in [2.05, 4.69) is 34.6 Å². The van der Waals surface area contributed by atoms with Gasteiger partial charge in [-0.05, 0) is 42.5 Å². The molecule has 7 heteroatoms. The van der Waals surface area contributed by atoms with Gasteiger partial charge in [-0.1, -0.05) is 42.5 Å². The molecule has 0 saturated heterocycles. The van der Waals surface area contributed by atoms with E-state index >= 15 is 0 Å². The van der Waals surface area contributed by atoms with E-state index in [1.165, 1.54) is 9.80 Å². The zero-order valence-electron chi connectivity index (χ0n) is 17.2. The van der Waals surface area contributed by atoms with Crippen LogP contribution in [-0.4, -0.2) is 36.1 Å². The van der Waals surface area contributed by atoms with Crippen molar-refractivity contribution < 1.29 is 14.3 Å². The number of carbonyl (C=O) groups excluding carboxylic acids is 2. The van der Waals surface area contributed by atoms with Gasteiger partial charge in [-0.2, -0.15) is 0 Å². The van der Waals surface area contributed by atoms with Gasteiger partial charge in [0, 0.05) is 23.2 Å². The summed E-state index contributed by atoms with van der Waals surface area (Å²) in [6, 6.07) is 21.0. The quantitative estimate of drug-likeness (QED) is 0.576. The van der Waals surface area contributed by atoms with Gasteiger partial charge in [0.1, 0.15) is 6.54 Å². The van der Waals surface area contributed by atoms with Crippen LogP contribution in [-0.2, 0) is 16.0 Å². The summed E-state index contributed by atoms with van der Waals surface area (Å²) in [7, 11) is 0. The van der Waals surface area contributed by atoms with Crippen molar-refractivity contribution >= 4 is 29.4 Å².